The van der Waals surface area contributed by atoms with Crippen molar-refractivity contribution in [1.82, 2.24) is 5.32 Å². The number of rotatable bonds is 6. The van der Waals surface area contributed by atoms with Crippen LogP contribution in [0, 0.1) is 11.8 Å². The predicted octanol–water partition coefficient (Wildman–Crippen LogP) is 2.14. The Bertz CT molecular complexity index is 415. The average molecular weight is 263 g/mol. The maximum atomic E-state index is 11.6. The van der Waals surface area contributed by atoms with Gasteiger partial charge in [0.25, 0.3) is 0 Å². The predicted molar refractivity (Wildman–Crippen MR) is 73.2 cm³/mol. The van der Waals surface area contributed by atoms with Crippen LogP contribution < -0.4 is 5.32 Å². The van der Waals surface area contributed by atoms with Crippen LogP contribution in [0.3, 0.4) is 0 Å². The molecule has 0 aliphatic rings. The average Bonchev–Trinajstić information content (AvgIpc) is 2.42. The van der Waals surface area contributed by atoms with E-state index in [4.69, 9.17) is 4.74 Å². The molecule has 0 heterocycles. The minimum atomic E-state index is -0.423. The van der Waals surface area contributed by atoms with Crippen LogP contribution in [-0.4, -0.2) is 18.4 Å². The SMILES string of the molecule is CC(C)[C@H](C)C(=O)NCC(=O)OCc1ccccc1. The van der Waals surface area contributed by atoms with E-state index >= 15 is 0 Å². The normalized spacial score (nSPS) is 12.0. The van der Waals surface area contributed by atoms with Crippen molar-refractivity contribution in [3.63, 3.8) is 0 Å². The van der Waals surface area contributed by atoms with E-state index in [0.29, 0.717) is 0 Å². The van der Waals surface area contributed by atoms with Crippen molar-refractivity contribution in [2.75, 3.05) is 6.54 Å². The first-order valence-electron chi connectivity index (χ1n) is 6.48. The molecule has 0 unspecified atom stereocenters. The van der Waals surface area contributed by atoms with E-state index in [1.807, 2.05) is 51.1 Å². The quantitative estimate of drug-likeness (QED) is 0.800. The summed E-state index contributed by atoms with van der Waals surface area (Å²) in [4.78, 5) is 23.1. The van der Waals surface area contributed by atoms with Crippen molar-refractivity contribution < 1.29 is 14.3 Å². The van der Waals surface area contributed by atoms with E-state index in [1.54, 1.807) is 0 Å². The number of carbonyl (C=O) groups is 2. The Labute approximate surface area is 114 Å². The number of esters is 1. The molecule has 0 aromatic heterocycles. The van der Waals surface area contributed by atoms with Gasteiger partial charge in [0.05, 0.1) is 0 Å². The Morgan fingerprint density at radius 3 is 2.37 bits per heavy atom. The summed E-state index contributed by atoms with van der Waals surface area (Å²) in [5, 5.41) is 2.59. The van der Waals surface area contributed by atoms with Gasteiger partial charge in [-0.05, 0) is 11.5 Å². The summed E-state index contributed by atoms with van der Waals surface area (Å²) in [6.07, 6.45) is 0. The van der Waals surface area contributed by atoms with Gasteiger partial charge in [-0.3, -0.25) is 9.59 Å². The number of carbonyl (C=O) groups excluding carboxylic acids is 2. The molecule has 0 bridgehead atoms. The molecule has 4 heteroatoms. The Morgan fingerprint density at radius 1 is 1.16 bits per heavy atom. The van der Waals surface area contributed by atoms with Gasteiger partial charge in [0.15, 0.2) is 0 Å². The molecule has 1 amide bonds. The first-order chi connectivity index (χ1) is 9.00. The van der Waals surface area contributed by atoms with Crippen molar-refractivity contribution in [3.05, 3.63) is 35.9 Å². The third-order valence-corrected chi connectivity index (χ3v) is 3.06. The molecule has 0 saturated carbocycles. The van der Waals surface area contributed by atoms with Crippen molar-refractivity contribution in [1.29, 1.82) is 0 Å². The highest BCUT2D eigenvalue weighted by Gasteiger charge is 2.17. The first-order valence-corrected chi connectivity index (χ1v) is 6.48. The molecule has 1 atom stereocenters. The monoisotopic (exact) mass is 263 g/mol. The Kier molecular flexibility index (Phi) is 6.06. The fourth-order valence-corrected chi connectivity index (χ4v) is 1.41. The van der Waals surface area contributed by atoms with E-state index in [1.165, 1.54) is 0 Å². The number of nitrogens with one attached hydrogen (secondary N) is 1. The van der Waals surface area contributed by atoms with Crippen LogP contribution in [0.5, 0.6) is 0 Å². The van der Waals surface area contributed by atoms with Crippen molar-refractivity contribution in [2.45, 2.75) is 27.4 Å². The number of hydrogen-bond donors (Lipinski definition) is 1. The number of hydrogen-bond acceptors (Lipinski definition) is 3. The number of ether oxygens (including phenoxy) is 1. The number of amides is 1. The van der Waals surface area contributed by atoms with Crippen LogP contribution in [0.25, 0.3) is 0 Å². The molecule has 0 fully saturated rings. The van der Waals surface area contributed by atoms with Gasteiger partial charge in [-0.25, -0.2) is 0 Å². The van der Waals surface area contributed by atoms with Crippen LogP contribution >= 0.6 is 0 Å². The van der Waals surface area contributed by atoms with Crippen molar-refractivity contribution >= 4 is 11.9 Å². The zero-order valence-electron chi connectivity index (χ0n) is 11.7. The lowest BCUT2D eigenvalue weighted by Crippen LogP contribution is -2.36. The summed E-state index contributed by atoms with van der Waals surface area (Å²) in [5.41, 5.74) is 0.928. The van der Waals surface area contributed by atoms with Crippen LogP contribution in [0.15, 0.2) is 30.3 Å². The molecule has 19 heavy (non-hydrogen) atoms. The maximum absolute atomic E-state index is 11.6. The second-order valence-corrected chi connectivity index (χ2v) is 4.90. The highest BCUT2D eigenvalue weighted by atomic mass is 16.5. The molecular formula is C15H21NO3. The van der Waals surface area contributed by atoms with E-state index in [0.717, 1.165) is 5.56 Å². The Morgan fingerprint density at radius 2 is 1.79 bits per heavy atom. The molecule has 0 radical (unpaired) electrons. The van der Waals surface area contributed by atoms with Crippen LogP contribution in [-0.2, 0) is 20.9 Å². The van der Waals surface area contributed by atoms with E-state index < -0.39 is 5.97 Å². The van der Waals surface area contributed by atoms with Gasteiger partial charge in [0, 0.05) is 5.92 Å². The van der Waals surface area contributed by atoms with E-state index in [-0.39, 0.29) is 30.9 Å². The van der Waals surface area contributed by atoms with Crippen molar-refractivity contribution in [3.8, 4) is 0 Å². The summed E-state index contributed by atoms with van der Waals surface area (Å²) in [5.74, 6) is -0.401. The molecular weight excluding hydrogens is 242 g/mol. The summed E-state index contributed by atoms with van der Waals surface area (Å²) in [6.45, 7) is 5.93. The van der Waals surface area contributed by atoms with Crippen LogP contribution in [0.1, 0.15) is 26.3 Å². The lowest BCUT2D eigenvalue weighted by atomic mass is 9.97. The lowest BCUT2D eigenvalue weighted by Gasteiger charge is -2.14. The molecule has 0 spiro atoms. The molecule has 1 aromatic rings. The molecule has 1 N–H and O–H groups in total. The summed E-state index contributed by atoms with van der Waals surface area (Å²) >= 11 is 0. The molecule has 1 rings (SSSR count). The second kappa shape index (κ2) is 7.56. The molecule has 0 saturated heterocycles. The molecule has 4 nitrogen and oxygen atoms in total. The Hall–Kier alpha value is -1.84. The van der Waals surface area contributed by atoms with Gasteiger partial charge in [0.2, 0.25) is 5.91 Å². The van der Waals surface area contributed by atoms with E-state index in [9.17, 15) is 9.59 Å². The van der Waals surface area contributed by atoms with Gasteiger partial charge < -0.3 is 10.1 Å². The van der Waals surface area contributed by atoms with E-state index in [2.05, 4.69) is 5.32 Å². The van der Waals surface area contributed by atoms with Crippen LogP contribution in [0.4, 0.5) is 0 Å². The van der Waals surface area contributed by atoms with Crippen LogP contribution in [0.2, 0.25) is 0 Å². The largest absolute Gasteiger partial charge is 0.460 e. The van der Waals surface area contributed by atoms with Gasteiger partial charge >= 0.3 is 5.97 Å². The summed E-state index contributed by atoms with van der Waals surface area (Å²) in [6, 6.07) is 9.43. The second-order valence-electron chi connectivity index (χ2n) is 4.90. The highest BCUT2D eigenvalue weighted by molar-refractivity contribution is 5.83. The standard InChI is InChI=1S/C15H21NO3/c1-11(2)12(3)15(18)16-9-14(17)19-10-13-7-5-4-6-8-13/h4-8,11-12H,9-10H2,1-3H3,(H,16,18)/t12-/m0/s1. The summed E-state index contributed by atoms with van der Waals surface area (Å²) < 4.78 is 5.07. The third kappa shape index (κ3) is 5.55. The smallest absolute Gasteiger partial charge is 0.325 e. The summed E-state index contributed by atoms with van der Waals surface area (Å²) in [7, 11) is 0. The molecule has 1 aromatic carbocycles. The minimum Gasteiger partial charge on any atom is -0.460 e. The zero-order valence-corrected chi connectivity index (χ0v) is 11.7. The first kappa shape index (κ1) is 15.2. The van der Waals surface area contributed by atoms with Gasteiger partial charge in [-0.2, -0.15) is 0 Å². The number of benzene rings is 1. The topological polar surface area (TPSA) is 55.4 Å². The maximum Gasteiger partial charge on any atom is 0.325 e. The fraction of sp³-hybridized carbons (Fsp3) is 0.467. The van der Waals surface area contributed by atoms with Gasteiger partial charge in [-0.15, -0.1) is 0 Å². The Balaban J connectivity index is 2.27. The van der Waals surface area contributed by atoms with Gasteiger partial charge in [0.1, 0.15) is 13.2 Å². The van der Waals surface area contributed by atoms with Gasteiger partial charge in [-0.1, -0.05) is 51.1 Å². The fourth-order valence-electron chi connectivity index (χ4n) is 1.41. The lowest BCUT2D eigenvalue weighted by molar-refractivity contribution is -0.145. The molecule has 0 aliphatic heterocycles. The minimum absolute atomic E-state index is 0.0806. The third-order valence-electron chi connectivity index (χ3n) is 3.06. The zero-order chi connectivity index (χ0) is 14.3. The van der Waals surface area contributed by atoms with Crippen molar-refractivity contribution in [2.24, 2.45) is 11.8 Å². The molecule has 0 aliphatic carbocycles. The molecule has 104 valence electrons. The highest BCUT2D eigenvalue weighted by Crippen LogP contribution is 2.08.